The van der Waals surface area contributed by atoms with Crippen molar-refractivity contribution in [2.24, 2.45) is 5.73 Å². The maximum Gasteiger partial charge on any atom is 0.338 e. The van der Waals surface area contributed by atoms with E-state index in [4.69, 9.17) is 22.1 Å². The first-order chi connectivity index (χ1) is 14.9. The summed E-state index contributed by atoms with van der Waals surface area (Å²) in [5, 5.41) is 10.3. The zero-order chi connectivity index (χ0) is 22.3. The van der Waals surface area contributed by atoms with Crippen LogP contribution in [0.4, 0.5) is 4.39 Å². The Balaban J connectivity index is 2.04. The van der Waals surface area contributed by atoms with Crippen LogP contribution in [0.2, 0.25) is 5.02 Å². The summed E-state index contributed by atoms with van der Waals surface area (Å²) in [6.45, 7) is 1.63. The highest BCUT2D eigenvalue weighted by molar-refractivity contribution is 8.03. The lowest BCUT2D eigenvalue weighted by molar-refractivity contribution is -0.138. The number of esters is 1. The summed E-state index contributed by atoms with van der Waals surface area (Å²) >= 11 is 7.44. The van der Waals surface area contributed by atoms with E-state index in [0.29, 0.717) is 10.5 Å². The van der Waals surface area contributed by atoms with Crippen LogP contribution in [-0.4, -0.2) is 23.4 Å². The van der Waals surface area contributed by atoms with E-state index in [1.807, 2.05) is 6.07 Å². The second-order valence-electron chi connectivity index (χ2n) is 6.66. The minimum atomic E-state index is -1.23. The van der Waals surface area contributed by atoms with Crippen LogP contribution in [0.5, 0.6) is 0 Å². The molecule has 2 aliphatic heterocycles. The Morgan fingerprint density at radius 1 is 1.32 bits per heavy atom. The minimum absolute atomic E-state index is 0.0166. The largest absolute Gasteiger partial charge is 0.463 e. The molecule has 0 fully saturated rings. The van der Waals surface area contributed by atoms with Crippen LogP contribution in [0, 0.1) is 17.1 Å². The van der Waals surface area contributed by atoms with Gasteiger partial charge in [-0.3, -0.25) is 9.69 Å². The number of halogens is 2. The van der Waals surface area contributed by atoms with Crippen LogP contribution in [0.3, 0.4) is 0 Å². The first-order valence-corrected chi connectivity index (χ1v) is 10.5. The Kier molecular flexibility index (Phi) is 5.48. The van der Waals surface area contributed by atoms with Crippen molar-refractivity contribution < 1.29 is 18.7 Å². The number of allylic oxidation sites excluding steroid dienone is 1. The van der Waals surface area contributed by atoms with Crippen LogP contribution in [0.25, 0.3) is 0 Å². The molecule has 2 heterocycles. The molecule has 1 unspecified atom stereocenters. The monoisotopic (exact) mass is 455 g/mol. The molecule has 1 amide bonds. The molecule has 4 rings (SSSR count). The molecule has 0 saturated heterocycles. The molecule has 9 heteroatoms. The van der Waals surface area contributed by atoms with E-state index in [1.54, 1.807) is 31.2 Å². The molecule has 6 nitrogen and oxygen atoms in total. The Morgan fingerprint density at radius 2 is 2.06 bits per heavy atom. The molecular formula is C22H15ClFN3O3S. The Bertz CT molecular complexity index is 1210. The first kappa shape index (κ1) is 21.0. The molecule has 1 atom stereocenters. The fourth-order valence-electron chi connectivity index (χ4n) is 3.64. The van der Waals surface area contributed by atoms with Crippen molar-refractivity contribution in [1.29, 1.82) is 5.26 Å². The van der Waals surface area contributed by atoms with E-state index in [0.717, 1.165) is 16.7 Å². The van der Waals surface area contributed by atoms with Gasteiger partial charge < -0.3 is 10.5 Å². The lowest BCUT2D eigenvalue weighted by atomic mass is 9.82. The summed E-state index contributed by atoms with van der Waals surface area (Å²) < 4.78 is 20.1. The SMILES string of the molecule is CCOC(=O)C1=C(N)N2C(=O)c3ccccc3SC2=C(C#N)C1c1c(F)cccc1Cl. The quantitative estimate of drug-likeness (QED) is 0.693. The number of thioether (sulfide) groups is 1. The van der Waals surface area contributed by atoms with Gasteiger partial charge in [0.05, 0.1) is 35.3 Å². The molecule has 2 aromatic carbocycles. The molecule has 0 bridgehead atoms. The van der Waals surface area contributed by atoms with Crippen LogP contribution < -0.4 is 5.73 Å². The maximum absolute atomic E-state index is 14.9. The second-order valence-corrected chi connectivity index (χ2v) is 8.09. The van der Waals surface area contributed by atoms with Gasteiger partial charge in [0.1, 0.15) is 16.7 Å². The number of fused-ring (bicyclic) bond motifs is 2. The van der Waals surface area contributed by atoms with Crippen LogP contribution in [-0.2, 0) is 9.53 Å². The van der Waals surface area contributed by atoms with Crippen LogP contribution in [0.1, 0.15) is 28.8 Å². The van der Waals surface area contributed by atoms with Crippen LogP contribution >= 0.6 is 23.4 Å². The molecule has 31 heavy (non-hydrogen) atoms. The minimum Gasteiger partial charge on any atom is -0.463 e. The highest BCUT2D eigenvalue weighted by Crippen LogP contribution is 2.51. The van der Waals surface area contributed by atoms with Gasteiger partial charge >= 0.3 is 5.97 Å². The molecular weight excluding hydrogens is 441 g/mol. The van der Waals surface area contributed by atoms with Crippen molar-refractivity contribution in [2.45, 2.75) is 17.7 Å². The number of amides is 1. The van der Waals surface area contributed by atoms with Crippen molar-refractivity contribution in [1.82, 2.24) is 4.90 Å². The third-order valence-electron chi connectivity index (χ3n) is 4.96. The lowest BCUT2D eigenvalue weighted by Gasteiger charge is -2.38. The fraction of sp³-hybridized carbons (Fsp3) is 0.136. The van der Waals surface area contributed by atoms with Crippen molar-refractivity contribution in [3.8, 4) is 6.07 Å². The van der Waals surface area contributed by atoms with E-state index >= 15 is 0 Å². The maximum atomic E-state index is 14.9. The van der Waals surface area contributed by atoms with Gasteiger partial charge in [0.15, 0.2) is 0 Å². The number of ether oxygens (including phenoxy) is 1. The van der Waals surface area contributed by atoms with E-state index in [1.165, 1.54) is 18.2 Å². The number of nitrogens with two attached hydrogens (primary N) is 1. The molecule has 156 valence electrons. The predicted molar refractivity (Wildman–Crippen MR) is 113 cm³/mol. The molecule has 0 aliphatic carbocycles. The number of carbonyl (C=O) groups is 2. The zero-order valence-electron chi connectivity index (χ0n) is 16.2. The predicted octanol–water partition coefficient (Wildman–Crippen LogP) is 4.29. The number of nitriles is 1. The topological polar surface area (TPSA) is 96.4 Å². The molecule has 2 N–H and O–H groups in total. The van der Waals surface area contributed by atoms with E-state index in [-0.39, 0.29) is 39.2 Å². The third-order valence-corrected chi connectivity index (χ3v) is 6.46. The average molecular weight is 456 g/mol. The molecule has 2 aliphatic rings. The molecule has 0 saturated carbocycles. The lowest BCUT2D eigenvalue weighted by Crippen LogP contribution is -2.42. The summed E-state index contributed by atoms with van der Waals surface area (Å²) in [7, 11) is 0. The van der Waals surface area contributed by atoms with Gasteiger partial charge in [0.2, 0.25) is 0 Å². The summed E-state index contributed by atoms with van der Waals surface area (Å²) in [4.78, 5) is 27.9. The van der Waals surface area contributed by atoms with Crippen molar-refractivity contribution >= 4 is 35.2 Å². The van der Waals surface area contributed by atoms with E-state index in [9.17, 15) is 19.2 Å². The van der Waals surface area contributed by atoms with E-state index < -0.39 is 23.6 Å². The summed E-state index contributed by atoms with van der Waals surface area (Å²) in [6, 6.07) is 12.9. The fourth-order valence-corrected chi connectivity index (χ4v) is 5.08. The molecule has 2 aromatic rings. The van der Waals surface area contributed by atoms with Gasteiger partial charge in [-0.05, 0) is 31.2 Å². The van der Waals surface area contributed by atoms with Gasteiger partial charge in [0.25, 0.3) is 5.91 Å². The smallest absolute Gasteiger partial charge is 0.338 e. The van der Waals surface area contributed by atoms with Crippen molar-refractivity contribution in [3.05, 3.63) is 86.4 Å². The highest BCUT2D eigenvalue weighted by Gasteiger charge is 2.45. The van der Waals surface area contributed by atoms with Gasteiger partial charge in [0, 0.05) is 15.5 Å². The van der Waals surface area contributed by atoms with Crippen molar-refractivity contribution in [3.63, 3.8) is 0 Å². The highest BCUT2D eigenvalue weighted by atomic mass is 35.5. The van der Waals surface area contributed by atoms with Gasteiger partial charge in [-0.1, -0.05) is 41.6 Å². The first-order valence-electron chi connectivity index (χ1n) is 9.26. The number of benzene rings is 2. The number of nitrogens with zero attached hydrogens (tertiary/aromatic N) is 2. The van der Waals surface area contributed by atoms with Crippen molar-refractivity contribution in [2.75, 3.05) is 6.61 Å². The summed E-state index contributed by atoms with van der Waals surface area (Å²) in [6.07, 6.45) is 0. The summed E-state index contributed by atoms with van der Waals surface area (Å²) in [5.41, 5.74) is 6.39. The van der Waals surface area contributed by atoms with E-state index in [2.05, 4.69) is 0 Å². The van der Waals surface area contributed by atoms with Crippen LogP contribution in [0.15, 0.2) is 69.4 Å². The molecule has 0 radical (unpaired) electrons. The second kappa shape index (κ2) is 8.10. The number of rotatable bonds is 3. The standard InChI is InChI=1S/C22H15ClFN3O3S/c1-2-30-22(29)18-16(17-13(23)7-5-8-14(17)24)12(10-25)21-27(19(18)26)20(28)11-6-3-4-9-15(11)31-21/h3-9,16H,2,26H2,1H3. The van der Waals surface area contributed by atoms with Gasteiger partial charge in [-0.15, -0.1) is 0 Å². The zero-order valence-corrected chi connectivity index (χ0v) is 17.8. The Labute approximate surface area is 186 Å². The average Bonchev–Trinajstić information content (AvgIpc) is 2.74. The molecule has 0 aromatic heterocycles. The van der Waals surface area contributed by atoms with Gasteiger partial charge in [-0.25, -0.2) is 9.18 Å². The van der Waals surface area contributed by atoms with Gasteiger partial charge in [-0.2, -0.15) is 5.26 Å². The summed E-state index contributed by atoms with van der Waals surface area (Å²) in [5.74, 6) is -3.50. The number of carbonyl (C=O) groups excluding carboxylic acids is 2. The molecule has 0 spiro atoms. The number of hydrogen-bond acceptors (Lipinski definition) is 6. The Hall–Kier alpha value is -3.28. The third kappa shape index (κ3) is 3.26. The Morgan fingerprint density at radius 3 is 2.74 bits per heavy atom. The normalized spacial score (nSPS) is 17.8. The number of hydrogen-bond donors (Lipinski definition) is 1.